The van der Waals surface area contributed by atoms with Crippen LogP contribution in [0.4, 0.5) is 5.69 Å². The number of rotatable bonds is 10. The molecule has 19 nitrogen and oxygen atoms in total. The van der Waals surface area contributed by atoms with E-state index in [1.807, 2.05) is 0 Å². The predicted molar refractivity (Wildman–Crippen MR) is 146 cm³/mol. The zero-order valence-electron chi connectivity index (χ0n) is 21.1. The standard InChI is InChI=1S/C20H21BrN5O14P3/c21-13-12(27)4-2-9-1-3-10(25-14(9)13)7-36-41(30,31)39-43(34,35)40-42(32,33)38-20-17(29)16(28)19(37-20)26-8-24-15-11(22)5-6-23-18(15)26/h1-6,8,16-17,19-20,27-29H,7H2,(H2,22,23)(H,30,31)(H,32,33)(H,34,35)/t16?,17-,19-,20-/m1/s1. The topological polar surface area (TPSA) is 288 Å². The maximum Gasteiger partial charge on any atom is 0.490 e. The third-order valence-electron chi connectivity index (χ3n) is 5.82. The van der Waals surface area contributed by atoms with E-state index in [0.717, 1.165) is 10.9 Å². The van der Waals surface area contributed by atoms with Gasteiger partial charge in [-0.1, -0.05) is 6.07 Å². The normalized spacial score (nSPS) is 25.0. The number of imidazole rings is 1. The second-order valence-corrected chi connectivity index (χ2v) is 14.2. The lowest BCUT2D eigenvalue weighted by molar-refractivity contribution is -0.133. The van der Waals surface area contributed by atoms with Crippen molar-refractivity contribution in [2.45, 2.75) is 31.3 Å². The number of nitrogen functional groups attached to an aromatic ring is 1. The Morgan fingerprint density at radius 2 is 1.65 bits per heavy atom. The number of phenolic OH excluding ortho intramolecular Hbond substituents is 1. The highest BCUT2D eigenvalue weighted by Gasteiger charge is 2.50. The Hall–Kier alpha value is -2.38. The van der Waals surface area contributed by atoms with Crippen molar-refractivity contribution >= 4 is 67.2 Å². The summed E-state index contributed by atoms with van der Waals surface area (Å²) in [4.78, 5) is 42.1. The number of aliphatic hydroxyl groups is 2. The van der Waals surface area contributed by atoms with E-state index in [1.165, 1.54) is 24.4 Å². The van der Waals surface area contributed by atoms with Crippen molar-refractivity contribution < 1.29 is 66.1 Å². The number of nitrogens with zero attached hydrogens (tertiary/aromatic N) is 4. The molecule has 1 aliphatic heterocycles. The molecule has 1 fully saturated rings. The third kappa shape index (κ3) is 6.98. The molecule has 0 aliphatic carbocycles. The molecule has 23 heteroatoms. The molecule has 7 atom stereocenters. The molecule has 43 heavy (non-hydrogen) atoms. The van der Waals surface area contributed by atoms with Crippen LogP contribution in [-0.4, -0.2) is 68.0 Å². The molecule has 1 aromatic carbocycles. The minimum Gasteiger partial charge on any atom is -0.507 e. The number of pyridine rings is 2. The van der Waals surface area contributed by atoms with E-state index in [1.54, 1.807) is 12.1 Å². The highest BCUT2D eigenvalue weighted by atomic mass is 79.9. The highest BCUT2D eigenvalue weighted by molar-refractivity contribution is 9.10. The van der Waals surface area contributed by atoms with E-state index in [0.29, 0.717) is 5.39 Å². The van der Waals surface area contributed by atoms with Gasteiger partial charge in [0.2, 0.25) is 0 Å². The molecule has 1 aliphatic rings. The average Bonchev–Trinajstić information content (AvgIpc) is 3.45. The summed E-state index contributed by atoms with van der Waals surface area (Å²) in [5.74, 6) is -0.124. The molecule has 0 spiro atoms. The van der Waals surface area contributed by atoms with Crippen LogP contribution in [0.15, 0.2) is 47.3 Å². The molecule has 0 bridgehead atoms. The minimum absolute atomic E-state index is 0.0329. The number of halogens is 1. The molecule has 0 radical (unpaired) electrons. The Bertz CT molecular complexity index is 1840. The third-order valence-corrected chi connectivity index (χ3v) is 10.8. The number of phosphoric acid groups is 3. The van der Waals surface area contributed by atoms with Gasteiger partial charge in [-0.25, -0.2) is 28.6 Å². The second kappa shape index (κ2) is 11.8. The predicted octanol–water partition coefficient (Wildman–Crippen LogP) is 2.17. The number of ether oxygens (including phenoxy) is 1. The molecule has 4 heterocycles. The summed E-state index contributed by atoms with van der Waals surface area (Å²) in [5.41, 5.74) is 6.72. The molecule has 8 N–H and O–H groups in total. The van der Waals surface area contributed by atoms with E-state index in [9.17, 15) is 43.7 Å². The number of nitrogens with two attached hydrogens (primary N) is 1. The first-order valence-electron chi connectivity index (χ1n) is 11.7. The maximum absolute atomic E-state index is 12.5. The van der Waals surface area contributed by atoms with Crippen LogP contribution in [0.3, 0.4) is 0 Å². The Morgan fingerprint density at radius 1 is 0.953 bits per heavy atom. The van der Waals surface area contributed by atoms with Crippen LogP contribution in [-0.2, 0) is 42.7 Å². The Balaban J connectivity index is 1.22. The molecule has 4 aromatic rings. The zero-order valence-corrected chi connectivity index (χ0v) is 25.4. The van der Waals surface area contributed by atoms with Gasteiger partial charge in [-0.15, -0.1) is 0 Å². The quantitative estimate of drug-likeness (QED) is 0.115. The molecule has 1 saturated heterocycles. The first-order valence-corrected chi connectivity index (χ1v) is 16.9. The number of hydrogen-bond acceptors (Lipinski definition) is 15. The number of benzene rings is 1. The maximum atomic E-state index is 12.5. The molecule has 0 saturated carbocycles. The fraction of sp³-hybridized carbons (Fsp3) is 0.250. The Morgan fingerprint density at radius 3 is 2.40 bits per heavy atom. The summed E-state index contributed by atoms with van der Waals surface area (Å²) in [7, 11) is -17.0. The van der Waals surface area contributed by atoms with E-state index >= 15 is 0 Å². The van der Waals surface area contributed by atoms with Crippen LogP contribution in [0.25, 0.3) is 22.1 Å². The van der Waals surface area contributed by atoms with Crippen LogP contribution in [0.5, 0.6) is 5.75 Å². The summed E-state index contributed by atoms with van der Waals surface area (Å²) < 4.78 is 61.2. The van der Waals surface area contributed by atoms with Gasteiger partial charge < -0.3 is 40.5 Å². The Labute approximate surface area is 248 Å². The van der Waals surface area contributed by atoms with Crippen molar-refractivity contribution in [3.8, 4) is 5.75 Å². The summed E-state index contributed by atoms with van der Waals surface area (Å²) in [6.45, 7) is -0.746. The molecular weight excluding hydrogens is 707 g/mol. The van der Waals surface area contributed by atoms with E-state index in [-0.39, 0.29) is 38.3 Å². The summed E-state index contributed by atoms with van der Waals surface area (Å²) in [6.07, 6.45) is -4.89. The van der Waals surface area contributed by atoms with Crippen molar-refractivity contribution in [2.24, 2.45) is 0 Å². The number of hydrogen-bond donors (Lipinski definition) is 7. The van der Waals surface area contributed by atoms with E-state index in [2.05, 4.69) is 48.6 Å². The van der Waals surface area contributed by atoms with Crippen LogP contribution >= 0.6 is 39.4 Å². The zero-order chi connectivity index (χ0) is 31.3. The lowest BCUT2D eigenvalue weighted by atomic mass is 10.2. The van der Waals surface area contributed by atoms with Crippen LogP contribution < -0.4 is 5.73 Å². The molecular formula is C20H21BrN5O14P3. The lowest BCUT2D eigenvalue weighted by Crippen LogP contribution is -2.32. The van der Waals surface area contributed by atoms with Crippen LogP contribution in [0.2, 0.25) is 0 Å². The van der Waals surface area contributed by atoms with Gasteiger partial charge in [0.05, 0.1) is 27.7 Å². The van der Waals surface area contributed by atoms with Crippen molar-refractivity contribution in [3.05, 3.63) is 53.0 Å². The first-order chi connectivity index (χ1) is 20.1. The smallest absolute Gasteiger partial charge is 0.490 e. The summed E-state index contributed by atoms with van der Waals surface area (Å²) in [5, 5.41) is 31.2. The fourth-order valence-electron chi connectivity index (χ4n) is 3.95. The van der Waals surface area contributed by atoms with Crippen molar-refractivity contribution in [1.29, 1.82) is 0 Å². The van der Waals surface area contributed by atoms with Gasteiger partial charge in [-0.2, -0.15) is 8.62 Å². The van der Waals surface area contributed by atoms with Crippen LogP contribution in [0.1, 0.15) is 11.9 Å². The van der Waals surface area contributed by atoms with E-state index < -0.39 is 54.8 Å². The first kappa shape index (κ1) is 32.0. The number of aliphatic hydroxyl groups excluding tert-OH is 2. The summed E-state index contributed by atoms with van der Waals surface area (Å²) in [6, 6.07) is 7.38. The minimum atomic E-state index is -5.88. The largest absolute Gasteiger partial charge is 0.507 e. The second-order valence-electron chi connectivity index (χ2n) is 8.82. The number of phosphoric ester groups is 2. The number of fused-ring (bicyclic) bond motifs is 2. The number of aromatic nitrogens is 4. The molecule has 3 aromatic heterocycles. The monoisotopic (exact) mass is 727 g/mol. The summed E-state index contributed by atoms with van der Waals surface area (Å²) >= 11 is 3.16. The van der Waals surface area contributed by atoms with Gasteiger partial charge >= 0.3 is 23.5 Å². The molecule has 4 unspecified atom stereocenters. The van der Waals surface area contributed by atoms with Gasteiger partial charge in [0.15, 0.2) is 18.2 Å². The fourth-order valence-corrected chi connectivity index (χ4v) is 7.95. The van der Waals surface area contributed by atoms with Crippen molar-refractivity contribution in [2.75, 3.05) is 5.73 Å². The highest BCUT2D eigenvalue weighted by Crippen LogP contribution is 2.68. The van der Waals surface area contributed by atoms with Crippen molar-refractivity contribution in [3.63, 3.8) is 0 Å². The van der Waals surface area contributed by atoms with Crippen LogP contribution in [0, 0.1) is 0 Å². The molecule has 5 rings (SSSR count). The van der Waals surface area contributed by atoms with Crippen molar-refractivity contribution in [1.82, 2.24) is 19.5 Å². The SMILES string of the molecule is Nc1ccnc2c1ncn2[C@@H]1O[C@H](OP(=O)(O)OP(=O)(O)OP(=O)(O)OCc2ccc3ccc(O)c(Br)c3n2)[C@H](O)C1O. The average molecular weight is 728 g/mol. The van der Waals surface area contributed by atoms with Gasteiger partial charge in [-0.05, 0) is 40.2 Å². The number of phenols is 1. The van der Waals surface area contributed by atoms with Gasteiger partial charge in [-0.3, -0.25) is 13.6 Å². The van der Waals surface area contributed by atoms with Gasteiger partial charge in [0.25, 0.3) is 0 Å². The number of aromatic hydroxyl groups is 1. The van der Waals surface area contributed by atoms with Gasteiger partial charge in [0.1, 0.15) is 30.1 Å². The molecule has 0 amide bonds. The Kier molecular flexibility index (Phi) is 8.83. The molecule has 232 valence electrons. The number of anilines is 1. The van der Waals surface area contributed by atoms with Gasteiger partial charge in [0, 0.05) is 11.6 Å². The van der Waals surface area contributed by atoms with E-state index in [4.69, 9.17) is 10.5 Å². The lowest BCUT2D eigenvalue weighted by Gasteiger charge is -2.21.